The second kappa shape index (κ2) is 9.25. The van der Waals surface area contributed by atoms with Crippen LogP contribution >= 0.6 is 11.3 Å². The van der Waals surface area contributed by atoms with E-state index in [0.717, 1.165) is 28.0 Å². The number of rotatable bonds is 6. The molecular formula is C20H25N3O5S2. The number of anilines is 1. The van der Waals surface area contributed by atoms with E-state index < -0.39 is 22.1 Å². The van der Waals surface area contributed by atoms with Gasteiger partial charge in [-0.1, -0.05) is 23.8 Å². The Bertz CT molecular complexity index is 1050. The first-order valence-corrected chi connectivity index (χ1v) is 11.8. The lowest BCUT2D eigenvalue weighted by Gasteiger charge is -2.34. The highest BCUT2D eigenvalue weighted by atomic mass is 32.2. The number of ether oxygens (including phenoxy) is 1. The van der Waals surface area contributed by atoms with Crippen LogP contribution in [0.25, 0.3) is 0 Å². The third-order valence-corrected chi connectivity index (χ3v) is 7.77. The Balaban J connectivity index is 1.70. The standard InChI is InChI=1S/C20H25N3O5S2/c1-14-5-6-15(2)16(11-14)12-22-8-4-9-23(30(22,26)27)13-18(24)21-17-7-10-29-19(17)20(25)28-3/h5-7,10-11H,4,8-9,12-13H2,1-3H3,(H,21,24). The third-order valence-electron chi connectivity index (χ3n) is 4.95. The number of thiophene rings is 1. The molecule has 2 heterocycles. The molecule has 162 valence electrons. The van der Waals surface area contributed by atoms with Crippen molar-refractivity contribution in [2.45, 2.75) is 26.8 Å². The monoisotopic (exact) mass is 451 g/mol. The van der Waals surface area contributed by atoms with Crippen LogP contribution < -0.4 is 5.32 Å². The van der Waals surface area contributed by atoms with Crippen LogP contribution in [0.3, 0.4) is 0 Å². The lowest BCUT2D eigenvalue weighted by molar-refractivity contribution is -0.116. The Morgan fingerprint density at radius 3 is 2.63 bits per heavy atom. The van der Waals surface area contributed by atoms with Gasteiger partial charge >= 0.3 is 5.97 Å². The number of amides is 1. The Labute approximate surface area is 180 Å². The number of hydrogen-bond donors (Lipinski definition) is 1. The molecule has 0 atom stereocenters. The van der Waals surface area contributed by atoms with Crippen molar-refractivity contribution in [3.8, 4) is 0 Å². The summed E-state index contributed by atoms with van der Waals surface area (Å²) < 4.78 is 33.4. The molecule has 1 amide bonds. The first kappa shape index (κ1) is 22.4. The van der Waals surface area contributed by atoms with Crippen molar-refractivity contribution in [2.24, 2.45) is 0 Å². The largest absolute Gasteiger partial charge is 0.465 e. The zero-order valence-corrected chi connectivity index (χ0v) is 18.8. The summed E-state index contributed by atoms with van der Waals surface area (Å²) in [6, 6.07) is 7.55. The highest BCUT2D eigenvalue weighted by Crippen LogP contribution is 2.24. The van der Waals surface area contributed by atoms with Gasteiger partial charge in [-0.3, -0.25) is 4.79 Å². The Hall–Kier alpha value is -2.27. The van der Waals surface area contributed by atoms with E-state index in [-0.39, 0.29) is 24.5 Å². The number of methoxy groups -OCH3 is 1. The van der Waals surface area contributed by atoms with E-state index in [4.69, 9.17) is 4.74 Å². The van der Waals surface area contributed by atoms with E-state index >= 15 is 0 Å². The van der Waals surface area contributed by atoms with E-state index in [1.54, 1.807) is 11.4 Å². The predicted octanol–water partition coefficient (Wildman–Crippen LogP) is 2.54. The third kappa shape index (κ3) is 4.89. The van der Waals surface area contributed by atoms with Gasteiger partial charge in [0, 0.05) is 19.6 Å². The SMILES string of the molecule is COC(=O)c1sccc1NC(=O)CN1CCCN(Cc2cc(C)ccc2C)S1(=O)=O. The Morgan fingerprint density at radius 1 is 1.17 bits per heavy atom. The molecule has 0 aliphatic carbocycles. The molecule has 3 rings (SSSR count). The summed E-state index contributed by atoms with van der Waals surface area (Å²) in [5.74, 6) is -1.05. The summed E-state index contributed by atoms with van der Waals surface area (Å²) in [4.78, 5) is 24.5. The molecule has 0 spiro atoms. The van der Waals surface area contributed by atoms with Gasteiger partial charge in [-0.2, -0.15) is 17.0 Å². The van der Waals surface area contributed by atoms with Crippen molar-refractivity contribution in [3.63, 3.8) is 0 Å². The van der Waals surface area contributed by atoms with Gasteiger partial charge in [0.1, 0.15) is 4.88 Å². The average molecular weight is 452 g/mol. The first-order chi connectivity index (χ1) is 14.2. The number of esters is 1. The van der Waals surface area contributed by atoms with Crippen LogP contribution in [0.1, 0.15) is 32.8 Å². The zero-order valence-electron chi connectivity index (χ0n) is 17.2. The lowest BCUT2D eigenvalue weighted by Crippen LogP contribution is -2.51. The van der Waals surface area contributed by atoms with Crippen molar-refractivity contribution in [3.05, 3.63) is 51.2 Å². The summed E-state index contributed by atoms with van der Waals surface area (Å²) >= 11 is 1.14. The molecule has 1 N–H and O–H groups in total. The maximum absolute atomic E-state index is 13.1. The van der Waals surface area contributed by atoms with Crippen LogP contribution in [0.15, 0.2) is 29.6 Å². The van der Waals surface area contributed by atoms with Crippen molar-refractivity contribution < 1.29 is 22.7 Å². The fourth-order valence-electron chi connectivity index (χ4n) is 3.31. The fourth-order valence-corrected chi connectivity index (χ4v) is 5.70. The fraction of sp³-hybridized carbons (Fsp3) is 0.400. The van der Waals surface area contributed by atoms with Crippen molar-refractivity contribution >= 4 is 39.1 Å². The van der Waals surface area contributed by atoms with Gasteiger partial charge in [-0.05, 0) is 42.8 Å². The number of carbonyl (C=O) groups is 2. The van der Waals surface area contributed by atoms with Crippen LogP contribution in [0.4, 0.5) is 5.69 Å². The molecule has 1 fully saturated rings. The van der Waals surface area contributed by atoms with Crippen LogP contribution in [0, 0.1) is 13.8 Å². The summed E-state index contributed by atoms with van der Waals surface area (Å²) in [7, 11) is -2.52. The predicted molar refractivity (Wildman–Crippen MR) is 116 cm³/mol. The van der Waals surface area contributed by atoms with Gasteiger partial charge in [0.25, 0.3) is 10.2 Å². The average Bonchev–Trinajstić information content (AvgIpc) is 3.15. The smallest absolute Gasteiger partial charge is 0.350 e. The van der Waals surface area contributed by atoms with Crippen molar-refractivity contribution in [1.29, 1.82) is 0 Å². The number of nitrogens with one attached hydrogen (secondary N) is 1. The molecule has 2 aromatic rings. The zero-order chi connectivity index (χ0) is 21.9. The quantitative estimate of drug-likeness (QED) is 0.681. The van der Waals surface area contributed by atoms with Gasteiger partial charge in [0.05, 0.1) is 19.3 Å². The molecule has 8 nitrogen and oxygen atoms in total. The molecule has 0 bridgehead atoms. The van der Waals surface area contributed by atoms with Crippen LogP contribution in [0.5, 0.6) is 0 Å². The summed E-state index contributed by atoms with van der Waals surface area (Å²) in [5, 5.41) is 4.28. The minimum absolute atomic E-state index is 0.268. The summed E-state index contributed by atoms with van der Waals surface area (Å²) in [6.45, 7) is 4.55. The van der Waals surface area contributed by atoms with Crippen LogP contribution in [-0.4, -0.2) is 55.6 Å². The molecule has 1 aliphatic heterocycles. The van der Waals surface area contributed by atoms with E-state index in [0.29, 0.717) is 18.7 Å². The van der Waals surface area contributed by atoms with Gasteiger partial charge in [0.2, 0.25) is 5.91 Å². The van der Waals surface area contributed by atoms with Crippen molar-refractivity contribution in [2.75, 3.05) is 32.1 Å². The topological polar surface area (TPSA) is 96.0 Å². The first-order valence-electron chi connectivity index (χ1n) is 9.49. The normalized spacial score (nSPS) is 16.9. The van der Waals surface area contributed by atoms with E-state index in [1.165, 1.54) is 15.7 Å². The van der Waals surface area contributed by atoms with Gasteiger partial charge in [-0.15, -0.1) is 11.3 Å². The summed E-state index contributed by atoms with van der Waals surface area (Å²) in [6.07, 6.45) is 0.628. The van der Waals surface area contributed by atoms with Crippen LogP contribution in [-0.2, 0) is 26.3 Å². The minimum atomic E-state index is -3.78. The van der Waals surface area contributed by atoms with E-state index in [9.17, 15) is 18.0 Å². The van der Waals surface area contributed by atoms with Crippen molar-refractivity contribution in [1.82, 2.24) is 8.61 Å². The van der Waals surface area contributed by atoms with Crippen LogP contribution in [0.2, 0.25) is 0 Å². The van der Waals surface area contributed by atoms with E-state index in [1.807, 2.05) is 32.0 Å². The van der Waals surface area contributed by atoms with Gasteiger partial charge in [-0.25, -0.2) is 4.79 Å². The second-order valence-electron chi connectivity index (χ2n) is 7.16. The number of hydrogen-bond acceptors (Lipinski definition) is 6. The van der Waals surface area contributed by atoms with Gasteiger partial charge < -0.3 is 10.1 Å². The number of benzene rings is 1. The molecule has 0 unspecified atom stereocenters. The molecule has 1 saturated heterocycles. The molecule has 1 aromatic heterocycles. The maximum Gasteiger partial charge on any atom is 0.350 e. The molecule has 1 aromatic carbocycles. The second-order valence-corrected chi connectivity index (χ2v) is 10.0. The number of aryl methyl sites for hydroxylation is 2. The van der Waals surface area contributed by atoms with E-state index in [2.05, 4.69) is 5.32 Å². The Kier molecular flexibility index (Phi) is 6.91. The number of carbonyl (C=O) groups excluding carboxylic acids is 2. The molecule has 0 saturated carbocycles. The Morgan fingerprint density at radius 2 is 1.90 bits per heavy atom. The maximum atomic E-state index is 13.1. The molecule has 30 heavy (non-hydrogen) atoms. The minimum Gasteiger partial charge on any atom is -0.465 e. The number of nitrogens with zero attached hydrogens (tertiary/aromatic N) is 2. The molecule has 0 radical (unpaired) electrons. The lowest BCUT2D eigenvalue weighted by atomic mass is 10.1. The summed E-state index contributed by atoms with van der Waals surface area (Å²) in [5.41, 5.74) is 3.36. The molecular weight excluding hydrogens is 426 g/mol. The van der Waals surface area contributed by atoms with Gasteiger partial charge in [0.15, 0.2) is 0 Å². The highest BCUT2D eigenvalue weighted by molar-refractivity contribution is 7.86. The molecule has 1 aliphatic rings. The molecule has 10 heteroatoms. The highest BCUT2D eigenvalue weighted by Gasteiger charge is 2.35.